The van der Waals surface area contributed by atoms with Gasteiger partial charge in [0.25, 0.3) is 0 Å². The third kappa shape index (κ3) is 6.05. The molecule has 150 valence electrons. The lowest BCUT2D eigenvalue weighted by molar-refractivity contribution is 0.0397. The quantitative estimate of drug-likeness (QED) is 0.352. The number of hydrogen-bond donors (Lipinski definition) is 1. The molecule has 0 amide bonds. The van der Waals surface area contributed by atoms with Gasteiger partial charge < -0.3 is 9.53 Å². The normalized spacial score (nSPS) is 13.4. The molecule has 1 aromatic heterocycles. The average Bonchev–Trinajstić information content (AvgIpc) is 3.17. The van der Waals surface area contributed by atoms with Gasteiger partial charge in [0.2, 0.25) is 0 Å². The Bertz CT molecular complexity index is 534. The zero-order chi connectivity index (χ0) is 19.6. The summed E-state index contributed by atoms with van der Waals surface area (Å²) >= 11 is 1.74. The minimum Gasteiger partial charge on any atom is -0.411 e. The average molecular weight is 397 g/mol. The van der Waals surface area contributed by atoms with Gasteiger partial charge in [0.15, 0.2) is 8.32 Å². The molecule has 0 aliphatic heterocycles. The van der Waals surface area contributed by atoms with E-state index < -0.39 is 8.32 Å². The van der Waals surface area contributed by atoms with E-state index in [2.05, 4.69) is 59.1 Å². The molecule has 1 heterocycles. The Labute approximate surface area is 166 Å². The van der Waals surface area contributed by atoms with Crippen LogP contribution in [0.5, 0.6) is 0 Å². The predicted octanol–water partition coefficient (Wildman–Crippen LogP) is 7.39. The lowest BCUT2D eigenvalue weighted by Crippen LogP contribution is -2.46. The van der Waals surface area contributed by atoms with Crippen molar-refractivity contribution < 1.29 is 9.53 Å². The minimum atomic E-state index is -1.59. The largest absolute Gasteiger partial charge is 0.411 e. The van der Waals surface area contributed by atoms with Crippen LogP contribution in [0.25, 0.3) is 5.57 Å². The highest BCUT2D eigenvalue weighted by atomic mass is 32.1. The van der Waals surface area contributed by atoms with Crippen LogP contribution < -0.4 is 0 Å². The van der Waals surface area contributed by atoms with Gasteiger partial charge in [0.1, 0.15) is 0 Å². The first-order valence-corrected chi connectivity index (χ1v) is 14.0. The second kappa shape index (κ2) is 11.4. The molecule has 4 heteroatoms. The smallest absolute Gasteiger partial charge is 0.192 e. The molecule has 0 aliphatic carbocycles. The van der Waals surface area contributed by atoms with Crippen LogP contribution >= 0.6 is 11.3 Å². The first-order chi connectivity index (χ1) is 12.5. The van der Waals surface area contributed by atoms with Gasteiger partial charge in [0, 0.05) is 4.88 Å². The number of thiophene rings is 1. The number of allylic oxidation sites excluding steroid dienone is 2. The summed E-state index contributed by atoms with van der Waals surface area (Å²) in [6, 6.07) is 5.79. The maximum absolute atomic E-state index is 9.30. The molecule has 1 aromatic rings. The summed E-state index contributed by atoms with van der Waals surface area (Å²) in [4.78, 5) is 1.30. The van der Waals surface area contributed by atoms with Gasteiger partial charge in [-0.15, -0.1) is 11.3 Å². The van der Waals surface area contributed by atoms with Crippen LogP contribution in [0.3, 0.4) is 0 Å². The zero-order valence-electron chi connectivity index (χ0n) is 17.9. The zero-order valence-corrected chi connectivity index (χ0v) is 19.7. The lowest BCUT2D eigenvalue weighted by atomic mass is 9.91. The Kier molecular flexibility index (Phi) is 10.4. The van der Waals surface area contributed by atoms with E-state index in [1.54, 1.807) is 11.3 Å². The van der Waals surface area contributed by atoms with Crippen LogP contribution in [0.1, 0.15) is 84.1 Å². The van der Waals surface area contributed by atoms with Gasteiger partial charge in [-0.1, -0.05) is 47.6 Å². The van der Waals surface area contributed by atoms with Crippen molar-refractivity contribution in [2.24, 2.45) is 0 Å². The molecule has 1 rings (SSSR count). The number of aliphatic hydroxyl groups excluding tert-OH is 1. The van der Waals surface area contributed by atoms with E-state index in [1.807, 2.05) is 0 Å². The third-order valence-electron chi connectivity index (χ3n) is 6.18. The summed E-state index contributed by atoms with van der Waals surface area (Å²) in [5.41, 5.74) is 2.46. The van der Waals surface area contributed by atoms with Crippen LogP contribution in [-0.4, -0.2) is 19.0 Å². The molecule has 0 radical (unpaired) electrons. The summed E-state index contributed by atoms with van der Waals surface area (Å²) in [6.45, 7) is 13.9. The van der Waals surface area contributed by atoms with E-state index in [9.17, 15) is 5.11 Å². The summed E-state index contributed by atoms with van der Waals surface area (Å²) in [6.07, 6.45) is 7.82. The minimum absolute atomic E-state index is 0.0370. The standard InChI is InChI=1S/C22H40O2SSi/c1-7-20(21-16-19(17-23)18-25-21)14-13-15-22(8-2,9-3)24-26(10-4,11-5)12-6/h14,16,18,23H,7-13,15,17H2,1-6H3/b20-14+. The topological polar surface area (TPSA) is 29.5 Å². The number of hydrogen-bond acceptors (Lipinski definition) is 3. The highest BCUT2D eigenvalue weighted by Crippen LogP contribution is 2.36. The van der Waals surface area contributed by atoms with Gasteiger partial charge in [-0.25, -0.2) is 0 Å². The van der Waals surface area contributed by atoms with Crippen molar-refractivity contribution in [2.45, 2.75) is 104 Å². The van der Waals surface area contributed by atoms with Crippen molar-refractivity contribution in [3.63, 3.8) is 0 Å². The first kappa shape index (κ1) is 23.6. The van der Waals surface area contributed by atoms with E-state index in [4.69, 9.17) is 4.43 Å². The Morgan fingerprint density at radius 1 is 1.12 bits per heavy atom. The van der Waals surface area contributed by atoms with Gasteiger partial charge in [-0.3, -0.25) is 0 Å². The van der Waals surface area contributed by atoms with Crippen LogP contribution in [-0.2, 0) is 11.0 Å². The maximum atomic E-state index is 9.30. The Hall–Kier alpha value is -0.423. The first-order valence-electron chi connectivity index (χ1n) is 10.5. The van der Waals surface area contributed by atoms with E-state index in [-0.39, 0.29) is 12.2 Å². The van der Waals surface area contributed by atoms with Crippen molar-refractivity contribution in [1.29, 1.82) is 0 Å². The van der Waals surface area contributed by atoms with Gasteiger partial charge in [0.05, 0.1) is 12.2 Å². The molecule has 0 unspecified atom stereocenters. The molecule has 26 heavy (non-hydrogen) atoms. The molecule has 0 atom stereocenters. The van der Waals surface area contributed by atoms with E-state index in [1.165, 1.54) is 28.6 Å². The fraction of sp³-hybridized carbons (Fsp3) is 0.727. The van der Waals surface area contributed by atoms with Crippen LogP contribution in [0, 0.1) is 0 Å². The van der Waals surface area contributed by atoms with Crippen molar-refractivity contribution in [3.8, 4) is 0 Å². The molecule has 0 spiro atoms. The second-order valence-electron chi connectivity index (χ2n) is 7.33. The van der Waals surface area contributed by atoms with Gasteiger partial charge in [-0.05, 0) is 72.8 Å². The van der Waals surface area contributed by atoms with E-state index in [0.29, 0.717) is 0 Å². The van der Waals surface area contributed by atoms with Gasteiger partial charge >= 0.3 is 0 Å². The van der Waals surface area contributed by atoms with Crippen LogP contribution in [0.2, 0.25) is 18.1 Å². The molecule has 0 aliphatic rings. The molecule has 1 N–H and O–H groups in total. The SMILES string of the molecule is CC/C(=C\CCC(CC)(CC)O[Si](CC)(CC)CC)c1cc(CO)cs1. The summed E-state index contributed by atoms with van der Waals surface area (Å²) in [5.74, 6) is 0. The summed E-state index contributed by atoms with van der Waals surface area (Å²) in [5, 5.41) is 11.4. The van der Waals surface area contributed by atoms with E-state index in [0.717, 1.165) is 37.7 Å². The molecular formula is C22H40O2SSi. The van der Waals surface area contributed by atoms with Crippen molar-refractivity contribution >= 4 is 25.2 Å². The summed E-state index contributed by atoms with van der Waals surface area (Å²) < 4.78 is 6.99. The van der Waals surface area contributed by atoms with Crippen molar-refractivity contribution in [3.05, 3.63) is 28.0 Å². The lowest BCUT2D eigenvalue weighted by Gasteiger charge is -2.42. The fourth-order valence-electron chi connectivity index (χ4n) is 3.78. The third-order valence-corrected chi connectivity index (χ3v) is 12.0. The monoisotopic (exact) mass is 396 g/mol. The summed E-state index contributed by atoms with van der Waals surface area (Å²) in [7, 11) is -1.59. The molecule has 2 nitrogen and oxygen atoms in total. The molecule has 0 bridgehead atoms. The maximum Gasteiger partial charge on any atom is 0.192 e. The van der Waals surface area contributed by atoms with Crippen LogP contribution in [0.4, 0.5) is 0 Å². The predicted molar refractivity (Wildman–Crippen MR) is 119 cm³/mol. The molecule has 0 saturated heterocycles. The Morgan fingerprint density at radius 3 is 2.15 bits per heavy atom. The molecular weight excluding hydrogens is 356 g/mol. The van der Waals surface area contributed by atoms with Crippen LogP contribution in [0.15, 0.2) is 17.5 Å². The molecule has 0 aromatic carbocycles. The Morgan fingerprint density at radius 2 is 1.73 bits per heavy atom. The highest BCUT2D eigenvalue weighted by molar-refractivity contribution is 7.11. The number of aliphatic hydroxyl groups is 1. The molecule has 0 fully saturated rings. The number of rotatable bonds is 13. The van der Waals surface area contributed by atoms with E-state index >= 15 is 0 Å². The van der Waals surface area contributed by atoms with Gasteiger partial charge in [-0.2, -0.15) is 0 Å². The van der Waals surface area contributed by atoms with Crippen molar-refractivity contribution in [1.82, 2.24) is 0 Å². The highest BCUT2D eigenvalue weighted by Gasteiger charge is 2.38. The fourth-order valence-corrected chi connectivity index (χ4v) is 8.04. The molecule has 0 saturated carbocycles. The Balaban J connectivity index is 2.89. The second-order valence-corrected chi connectivity index (χ2v) is 12.9. The van der Waals surface area contributed by atoms with Crippen molar-refractivity contribution in [2.75, 3.05) is 0 Å².